The molecule has 1 rings (SSSR count). The fraction of sp³-hybridized carbons (Fsp3) is 0.818. The maximum atomic E-state index is 12.1. The Labute approximate surface area is 96.1 Å². The largest absolute Gasteiger partial charge is 0.409 e. The summed E-state index contributed by atoms with van der Waals surface area (Å²) >= 11 is 0. The van der Waals surface area contributed by atoms with E-state index in [0.29, 0.717) is 12.8 Å². The SMILES string of the molecule is CC(C)NC(=O)C1(C(N)=NO)CCCCC1. The lowest BCUT2D eigenvalue weighted by atomic mass is 9.72. The van der Waals surface area contributed by atoms with Gasteiger partial charge in [0.25, 0.3) is 0 Å². The topological polar surface area (TPSA) is 87.7 Å². The zero-order valence-electron chi connectivity index (χ0n) is 9.99. The van der Waals surface area contributed by atoms with Gasteiger partial charge in [0.15, 0.2) is 5.84 Å². The maximum Gasteiger partial charge on any atom is 0.234 e. The number of carbonyl (C=O) groups is 1. The van der Waals surface area contributed by atoms with E-state index in [1.54, 1.807) is 0 Å². The number of carbonyl (C=O) groups excluding carboxylic acids is 1. The Morgan fingerprint density at radius 2 is 1.94 bits per heavy atom. The van der Waals surface area contributed by atoms with Gasteiger partial charge in [0, 0.05) is 6.04 Å². The fourth-order valence-electron chi connectivity index (χ4n) is 2.25. The first kappa shape index (κ1) is 12.8. The molecule has 1 amide bonds. The molecular formula is C11H21N3O2. The minimum Gasteiger partial charge on any atom is -0.409 e. The van der Waals surface area contributed by atoms with Crippen molar-refractivity contribution in [3.63, 3.8) is 0 Å². The van der Waals surface area contributed by atoms with Gasteiger partial charge in [-0.25, -0.2) is 0 Å². The molecule has 1 fully saturated rings. The highest BCUT2D eigenvalue weighted by atomic mass is 16.4. The molecule has 4 N–H and O–H groups in total. The summed E-state index contributed by atoms with van der Waals surface area (Å²) in [6, 6.07) is 0.0674. The predicted octanol–water partition coefficient (Wildman–Crippen LogP) is 1.21. The summed E-state index contributed by atoms with van der Waals surface area (Å²) in [6.45, 7) is 3.81. The highest BCUT2D eigenvalue weighted by molar-refractivity contribution is 6.06. The smallest absolute Gasteiger partial charge is 0.234 e. The van der Waals surface area contributed by atoms with Crippen LogP contribution in [0.25, 0.3) is 0 Å². The quantitative estimate of drug-likeness (QED) is 0.293. The minimum absolute atomic E-state index is 0.0466. The molecule has 0 spiro atoms. The first-order chi connectivity index (χ1) is 7.53. The molecule has 16 heavy (non-hydrogen) atoms. The number of hydrogen-bond donors (Lipinski definition) is 3. The van der Waals surface area contributed by atoms with Gasteiger partial charge in [-0.2, -0.15) is 0 Å². The van der Waals surface area contributed by atoms with Gasteiger partial charge in [-0.05, 0) is 26.7 Å². The Morgan fingerprint density at radius 3 is 2.38 bits per heavy atom. The van der Waals surface area contributed by atoms with Crippen LogP contribution in [-0.2, 0) is 4.79 Å². The minimum atomic E-state index is -0.794. The molecule has 0 radical (unpaired) electrons. The zero-order chi connectivity index (χ0) is 12.2. The molecule has 0 bridgehead atoms. The second-order valence-corrected chi connectivity index (χ2v) is 4.76. The molecule has 92 valence electrons. The number of nitrogens with two attached hydrogens (primary N) is 1. The van der Waals surface area contributed by atoms with E-state index in [-0.39, 0.29) is 17.8 Å². The number of nitrogens with zero attached hydrogens (tertiary/aromatic N) is 1. The van der Waals surface area contributed by atoms with E-state index in [9.17, 15) is 4.79 Å². The van der Waals surface area contributed by atoms with E-state index >= 15 is 0 Å². The third-order valence-corrected chi connectivity index (χ3v) is 3.16. The number of amides is 1. The summed E-state index contributed by atoms with van der Waals surface area (Å²) in [5.74, 6) is -0.0668. The van der Waals surface area contributed by atoms with Crippen LogP contribution in [-0.4, -0.2) is 23.0 Å². The monoisotopic (exact) mass is 227 g/mol. The Hall–Kier alpha value is -1.26. The van der Waals surface area contributed by atoms with Crippen LogP contribution < -0.4 is 11.1 Å². The summed E-state index contributed by atoms with van der Waals surface area (Å²) in [4.78, 5) is 12.1. The zero-order valence-corrected chi connectivity index (χ0v) is 9.99. The first-order valence-corrected chi connectivity index (χ1v) is 5.82. The molecule has 0 heterocycles. The van der Waals surface area contributed by atoms with Crippen LogP contribution in [0.2, 0.25) is 0 Å². The van der Waals surface area contributed by atoms with E-state index in [4.69, 9.17) is 10.9 Å². The van der Waals surface area contributed by atoms with Gasteiger partial charge < -0.3 is 16.3 Å². The van der Waals surface area contributed by atoms with Crippen molar-refractivity contribution < 1.29 is 10.0 Å². The maximum absolute atomic E-state index is 12.1. The Morgan fingerprint density at radius 1 is 1.38 bits per heavy atom. The van der Waals surface area contributed by atoms with Crippen molar-refractivity contribution in [2.24, 2.45) is 16.3 Å². The molecule has 0 aromatic carbocycles. The first-order valence-electron chi connectivity index (χ1n) is 5.82. The van der Waals surface area contributed by atoms with Crippen LogP contribution in [0.3, 0.4) is 0 Å². The van der Waals surface area contributed by atoms with Gasteiger partial charge in [-0.15, -0.1) is 0 Å². The van der Waals surface area contributed by atoms with Crippen molar-refractivity contribution in [1.82, 2.24) is 5.32 Å². The summed E-state index contributed by atoms with van der Waals surface area (Å²) in [5, 5.41) is 14.7. The third kappa shape index (κ3) is 2.46. The van der Waals surface area contributed by atoms with Gasteiger partial charge in [0.05, 0.1) is 0 Å². The van der Waals surface area contributed by atoms with E-state index in [0.717, 1.165) is 19.3 Å². The van der Waals surface area contributed by atoms with E-state index in [2.05, 4.69) is 10.5 Å². The van der Waals surface area contributed by atoms with Crippen molar-refractivity contribution in [1.29, 1.82) is 0 Å². The normalized spacial score (nSPS) is 20.8. The van der Waals surface area contributed by atoms with Crippen LogP contribution in [0, 0.1) is 5.41 Å². The molecule has 0 aromatic heterocycles. The molecule has 1 saturated carbocycles. The van der Waals surface area contributed by atoms with Gasteiger partial charge in [0.2, 0.25) is 5.91 Å². The number of hydrogen-bond acceptors (Lipinski definition) is 3. The van der Waals surface area contributed by atoms with Gasteiger partial charge in [-0.1, -0.05) is 24.4 Å². The number of oxime groups is 1. The van der Waals surface area contributed by atoms with Crippen molar-refractivity contribution in [2.45, 2.75) is 52.0 Å². The lowest BCUT2D eigenvalue weighted by molar-refractivity contribution is -0.129. The summed E-state index contributed by atoms with van der Waals surface area (Å²) in [6.07, 6.45) is 4.34. The molecule has 0 atom stereocenters. The number of amidine groups is 1. The second kappa shape index (κ2) is 5.18. The molecule has 1 aliphatic rings. The van der Waals surface area contributed by atoms with Crippen molar-refractivity contribution in [3.8, 4) is 0 Å². The molecule has 0 aromatic rings. The summed E-state index contributed by atoms with van der Waals surface area (Å²) in [5.41, 5.74) is 4.90. The predicted molar refractivity (Wildman–Crippen MR) is 62.2 cm³/mol. The molecule has 5 heteroatoms. The van der Waals surface area contributed by atoms with Crippen LogP contribution in [0.1, 0.15) is 46.0 Å². The molecule has 5 nitrogen and oxygen atoms in total. The third-order valence-electron chi connectivity index (χ3n) is 3.16. The summed E-state index contributed by atoms with van der Waals surface area (Å²) in [7, 11) is 0. The van der Waals surface area contributed by atoms with Crippen molar-refractivity contribution in [3.05, 3.63) is 0 Å². The van der Waals surface area contributed by atoms with Crippen LogP contribution in [0.15, 0.2) is 5.16 Å². The average molecular weight is 227 g/mol. The molecular weight excluding hydrogens is 206 g/mol. The van der Waals surface area contributed by atoms with Crippen LogP contribution >= 0.6 is 0 Å². The van der Waals surface area contributed by atoms with Crippen molar-refractivity contribution >= 4 is 11.7 Å². The Kier molecular flexibility index (Phi) is 4.15. The highest BCUT2D eigenvalue weighted by Gasteiger charge is 2.43. The van der Waals surface area contributed by atoms with Crippen molar-refractivity contribution in [2.75, 3.05) is 0 Å². The van der Waals surface area contributed by atoms with E-state index < -0.39 is 5.41 Å². The van der Waals surface area contributed by atoms with Gasteiger partial charge >= 0.3 is 0 Å². The molecule has 1 aliphatic carbocycles. The molecule has 0 saturated heterocycles. The molecule has 0 aliphatic heterocycles. The summed E-state index contributed by atoms with van der Waals surface area (Å²) < 4.78 is 0. The Balaban J connectivity index is 2.90. The second-order valence-electron chi connectivity index (χ2n) is 4.76. The van der Waals surface area contributed by atoms with Crippen LogP contribution in [0.5, 0.6) is 0 Å². The highest BCUT2D eigenvalue weighted by Crippen LogP contribution is 2.36. The lowest BCUT2D eigenvalue weighted by Crippen LogP contribution is -2.52. The Bertz CT molecular complexity index is 281. The standard InChI is InChI=1S/C11H21N3O2/c1-8(2)13-10(15)11(9(12)14-16)6-4-3-5-7-11/h8,16H,3-7H2,1-2H3,(H2,12,14)(H,13,15). The van der Waals surface area contributed by atoms with Gasteiger partial charge in [-0.3, -0.25) is 4.79 Å². The van der Waals surface area contributed by atoms with Crippen LogP contribution in [0.4, 0.5) is 0 Å². The fourth-order valence-corrected chi connectivity index (χ4v) is 2.25. The van der Waals surface area contributed by atoms with E-state index in [1.165, 1.54) is 0 Å². The molecule has 0 unspecified atom stereocenters. The van der Waals surface area contributed by atoms with E-state index in [1.807, 2.05) is 13.8 Å². The number of rotatable bonds is 3. The lowest BCUT2D eigenvalue weighted by Gasteiger charge is -2.35. The van der Waals surface area contributed by atoms with Gasteiger partial charge in [0.1, 0.15) is 5.41 Å². The number of nitrogens with one attached hydrogen (secondary N) is 1. The average Bonchev–Trinajstić information content (AvgIpc) is 2.28.